The number of methoxy groups -OCH3 is 1. The zero-order valence-corrected chi connectivity index (χ0v) is 12.9. The normalized spacial score (nSPS) is 26.8. The van der Waals surface area contributed by atoms with Crippen molar-refractivity contribution in [2.45, 2.75) is 64.1 Å². The zero-order chi connectivity index (χ0) is 13.5. The highest BCUT2D eigenvalue weighted by Gasteiger charge is 2.24. The van der Waals surface area contributed by atoms with Gasteiger partial charge in [0.1, 0.15) is 0 Å². The quantitative estimate of drug-likeness (QED) is 0.757. The summed E-state index contributed by atoms with van der Waals surface area (Å²) in [6.07, 6.45) is 6.74. The maximum absolute atomic E-state index is 5.51. The zero-order valence-electron chi connectivity index (χ0n) is 12.9. The van der Waals surface area contributed by atoms with Crippen LogP contribution in [0.1, 0.15) is 46.0 Å². The number of hydrogen-bond donors (Lipinski definition) is 1. The number of nitrogens with one attached hydrogen (secondary N) is 1. The van der Waals surface area contributed by atoms with Gasteiger partial charge >= 0.3 is 0 Å². The molecule has 1 aliphatic rings. The van der Waals surface area contributed by atoms with E-state index in [0.29, 0.717) is 18.2 Å². The average Bonchev–Trinajstić information content (AvgIpc) is 2.27. The summed E-state index contributed by atoms with van der Waals surface area (Å²) in [5.74, 6) is 0.754. The van der Waals surface area contributed by atoms with E-state index in [4.69, 9.17) is 4.74 Å². The van der Waals surface area contributed by atoms with Crippen molar-refractivity contribution in [1.29, 1.82) is 0 Å². The molecule has 0 aromatic rings. The molecule has 0 amide bonds. The van der Waals surface area contributed by atoms with E-state index in [1.165, 1.54) is 32.1 Å². The molecule has 1 fully saturated rings. The first-order valence-electron chi connectivity index (χ1n) is 7.44. The van der Waals surface area contributed by atoms with Gasteiger partial charge in [-0.05, 0) is 52.1 Å². The highest BCUT2D eigenvalue weighted by Crippen LogP contribution is 2.21. The molecule has 1 aliphatic carbocycles. The average molecular weight is 256 g/mol. The van der Waals surface area contributed by atoms with Gasteiger partial charge in [0.2, 0.25) is 0 Å². The van der Waals surface area contributed by atoms with E-state index < -0.39 is 0 Å². The third-order valence-electron chi connectivity index (χ3n) is 3.77. The predicted octanol–water partition coefficient (Wildman–Crippen LogP) is 2.51. The molecule has 18 heavy (non-hydrogen) atoms. The largest absolute Gasteiger partial charge is 0.381 e. The van der Waals surface area contributed by atoms with Gasteiger partial charge in [-0.3, -0.25) is 0 Å². The van der Waals surface area contributed by atoms with E-state index in [-0.39, 0.29) is 0 Å². The summed E-state index contributed by atoms with van der Waals surface area (Å²) < 4.78 is 5.51. The Bertz CT molecular complexity index is 209. The van der Waals surface area contributed by atoms with Crippen LogP contribution in [0.4, 0.5) is 0 Å². The van der Waals surface area contributed by atoms with Crippen molar-refractivity contribution in [3.05, 3.63) is 0 Å². The number of likely N-dealkylation sites (N-methyl/N-ethyl adjacent to an activating group) is 1. The van der Waals surface area contributed by atoms with E-state index in [1.54, 1.807) is 0 Å². The molecular weight excluding hydrogens is 224 g/mol. The van der Waals surface area contributed by atoms with Crippen molar-refractivity contribution >= 4 is 0 Å². The van der Waals surface area contributed by atoms with Crippen LogP contribution < -0.4 is 5.32 Å². The van der Waals surface area contributed by atoms with E-state index in [0.717, 1.165) is 12.5 Å². The Hall–Kier alpha value is -0.120. The summed E-state index contributed by atoms with van der Waals surface area (Å²) in [5, 5.41) is 3.86. The first-order valence-corrected chi connectivity index (χ1v) is 7.44. The third kappa shape index (κ3) is 6.17. The fraction of sp³-hybridized carbons (Fsp3) is 1.00. The Morgan fingerprint density at radius 2 is 2.00 bits per heavy atom. The molecular formula is C15H32N2O. The third-order valence-corrected chi connectivity index (χ3v) is 3.77. The maximum atomic E-state index is 5.51. The molecule has 108 valence electrons. The van der Waals surface area contributed by atoms with Gasteiger partial charge in [0, 0.05) is 25.7 Å². The van der Waals surface area contributed by atoms with Crippen LogP contribution in [-0.4, -0.2) is 50.8 Å². The monoisotopic (exact) mass is 256 g/mol. The van der Waals surface area contributed by atoms with Crippen molar-refractivity contribution in [2.75, 3.05) is 27.7 Å². The molecule has 3 unspecified atom stereocenters. The van der Waals surface area contributed by atoms with E-state index in [9.17, 15) is 0 Å². The predicted molar refractivity (Wildman–Crippen MR) is 78.0 cm³/mol. The number of rotatable bonds is 7. The van der Waals surface area contributed by atoms with Crippen molar-refractivity contribution in [3.63, 3.8) is 0 Å². The molecule has 3 atom stereocenters. The van der Waals surface area contributed by atoms with Gasteiger partial charge in [-0.2, -0.15) is 0 Å². The number of hydrogen-bond acceptors (Lipinski definition) is 3. The Morgan fingerprint density at radius 1 is 1.28 bits per heavy atom. The molecule has 0 bridgehead atoms. The first-order chi connectivity index (χ1) is 8.51. The standard InChI is InChI=1S/C15H32N2O/c1-12(2)9-14(11-17(3)4)16-13-7-6-8-15(10-13)18-5/h12-16H,6-11H2,1-5H3. The van der Waals surface area contributed by atoms with Crippen molar-refractivity contribution < 1.29 is 4.74 Å². The molecule has 1 N–H and O–H groups in total. The lowest BCUT2D eigenvalue weighted by atomic mass is 9.91. The summed E-state index contributed by atoms with van der Waals surface area (Å²) in [6, 6.07) is 1.26. The topological polar surface area (TPSA) is 24.5 Å². The Morgan fingerprint density at radius 3 is 2.56 bits per heavy atom. The summed E-state index contributed by atoms with van der Waals surface area (Å²) in [7, 11) is 6.17. The van der Waals surface area contributed by atoms with Crippen molar-refractivity contribution in [3.8, 4) is 0 Å². The molecule has 0 saturated heterocycles. The Balaban J connectivity index is 2.43. The molecule has 0 aromatic heterocycles. The molecule has 1 rings (SSSR count). The molecule has 3 nitrogen and oxygen atoms in total. The van der Waals surface area contributed by atoms with Crippen LogP contribution in [0.25, 0.3) is 0 Å². The van der Waals surface area contributed by atoms with Crippen LogP contribution in [0.5, 0.6) is 0 Å². The molecule has 0 heterocycles. The molecule has 3 heteroatoms. The van der Waals surface area contributed by atoms with Gasteiger partial charge in [-0.15, -0.1) is 0 Å². The van der Waals surface area contributed by atoms with Crippen molar-refractivity contribution in [1.82, 2.24) is 10.2 Å². The second-order valence-electron chi connectivity index (χ2n) is 6.48. The first kappa shape index (κ1) is 15.9. The Labute approximate surface area is 113 Å². The van der Waals surface area contributed by atoms with Gasteiger partial charge in [0.15, 0.2) is 0 Å². The summed E-state index contributed by atoms with van der Waals surface area (Å²) in [6.45, 7) is 5.75. The highest BCUT2D eigenvalue weighted by molar-refractivity contribution is 4.83. The van der Waals surface area contributed by atoms with Crippen LogP contribution >= 0.6 is 0 Å². The fourth-order valence-electron chi connectivity index (χ4n) is 3.05. The second-order valence-corrected chi connectivity index (χ2v) is 6.48. The molecule has 0 aliphatic heterocycles. The molecule has 1 saturated carbocycles. The van der Waals surface area contributed by atoms with Crippen molar-refractivity contribution in [2.24, 2.45) is 5.92 Å². The van der Waals surface area contributed by atoms with Crippen LogP contribution in [0, 0.1) is 5.92 Å². The lowest BCUT2D eigenvalue weighted by molar-refractivity contribution is 0.0556. The summed E-state index contributed by atoms with van der Waals surface area (Å²) in [5.41, 5.74) is 0. The number of nitrogens with zero attached hydrogens (tertiary/aromatic N) is 1. The summed E-state index contributed by atoms with van der Waals surface area (Å²) in [4.78, 5) is 2.29. The minimum absolute atomic E-state index is 0.468. The van der Waals surface area contributed by atoms with Gasteiger partial charge in [-0.1, -0.05) is 13.8 Å². The Kier molecular flexibility index (Phi) is 7.20. The smallest absolute Gasteiger partial charge is 0.0586 e. The van der Waals surface area contributed by atoms with E-state index in [2.05, 4.69) is 38.2 Å². The van der Waals surface area contributed by atoms with Crippen LogP contribution in [0.2, 0.25) is 0 Å². The molecule has 0 aromatic carbocycles. The number of ether oxygens (including phenoxy) is 1. The maximum Gasteiger partial charge on any atom is 0.0586 e. The van der Waals surface area contributed by atoms with Gasteiger partial charge < -0.3 is 15.0 Å². The highest BCUT2D eigenvalue weighted by atomic mass is 16.5. The van der Waals surface area contributed by atoms with Gasteiger partial charge in [0.05, 0.1) is 6.10 Å². The van der Waals surface area contributed by atoms with E-state index >= 15 is 0 Å². The fourth-order valence-corrected chi connectivity index (χ4v) is 3.05. The SMILES string of the molecule is COC1CCCC(NC(CC(C)C)CN(C)C)C1. The van der Waals surface area contributed by atoms with Gasteiger partial charge in [0.25, 0.3) is 0 Å². The molecule has 0 radical (unpaired) electrons. The summed E-state index contributed by atoms with van der Waals surface area (Å²) >= 11 is 0. The lowest BCUT2D eigenvalue weighted by Gasteiger charge is -2.33. The van der Waals surface area contributed by atoms with Crippen LogP contribution in [0.15, 0.2) is 0 Å². The lowest BCUT2D eigenvalue weighted by Crippen LogP contribution is -2.47. The molecule has 0 spiro atoms. The van der Waals surface area contributed by atoms with Crippen LogP contribution in [-0.2, 0) is 4.74 Å². The minimum atomic E-state index is 0.468. The second kappa shape index (κ2) is 8.13. The van der Waals surface area contributed by atoms with Gasteiger partial charge in [-0.25, -0.2) is 0 Å². The minimum Gasteiger partial charge on any atom is -0.381 e. The van der Waals surface area contributed by atoms with E-state index in [1.807, 2.05) is 7.11 Å². The van der Waals surface area contributed by atoms with Crippen LogP contribution in [0.3, 0.4) is 0 Å².